The molecule has 0 atom stereocenters. The molecule has 3 heterocycles. The van der Waals surface area contributed by atoms with Crippen LogP contribution >= 0.6 is 0 Å². The number of benzene rings is 2. The first-order valence-electron chi connectivity index (χ1n) is 14.0. The third-order valence-electron chi connectivity index (χ3n) is 8.44. The van der Waals surface area contributed by atoms with Crippen molar-refractivity contribution in [3.63, 3.8) is 0 Å². The second kappa shape index (κ2) is 10.8. The molecule has 2 aromatic carbocycles. The Hall–Kier alpha value is -3.42. The number of aromatic nitrogens is 3. The average Bonchev–Trinajstić information content (AvgIpc) is 3.35. The lowest BCUT2D eigenvalue weighted by Crippen LogP contribution is -2.52. The Labute approximate surface area is 225 Å². The molecule has 4 aromatic rings. The fourth-order valence-corrected chi connectivity index (χ4v) is 6.25. The molecule has 7 heteroatoms. The summed E-state index contributed by atoms with van der Waals surface area (Å²) in [7, 11) is 0. The van der Waals surface area contributed by atoms with E-state index in [1.165, 1.54) is 39.0 Å². The van der Waals surface area contributed by atoms with Crippen LogP contribution < -0.4 is 10.5 Å². The second-order valence-electron chi connectivity index (χ2n) is 11.0. The van der Waals surface area contributed by atoms with Crippen molar-refractivity contribution >= 4 is 16.9 Å². The minimum absolute atomic E-state index is 0.425. The number of nitrogens with zero attached hydrogens (tertiary/aromatic N) is 5. The molecule has 1 aliphatic carbocycles. The van der Waals surface area contributed by atoms with Gasteiger partial charge in [-0.3, -0.25) is 9.80 Å². The molecular formula is C31H38N6O. The third-order valence-corrected chi connectivity index (χ3v) is 8.44. The fraction of sp³-hybridized carbons (Fsp3) is 0.419. The molecule has 6 rings (SSSR count). The summed E-state index contributed by atoms with van der Waals surface area (Å²) >= 11 is 0. The van der Waals surface area contributed by atoms with Crippen molar-refractivity contribution in [2.24, 2.45) is 0 Å². The molecule has 0 bridgehead atoms. The zero-order chi connectivity index (χ0) is 26.1. The number of rotatable bonds is 6. The van der Waals surface area contributed by atoms with Crippen molar-refractivity contribution in [2.45, 2.75) is 57.7 Å². The van der Waals surface area contributed by atoms with Gasteiger partial charge in [-0.05, 0) is 69.4 Å². The van der Waals surface area contributed by atoms with Gasteiger partial charge in [0, 0.05) is 56.1 Å². The van der Waals surface area contributed by atoms with Gasteiger partial charge in [-0.15, -0.1) is 0 Å². The molecule has 2 N–H and O–H groups in total. The van der Waals surface area contributed by atoms with E-state index in [0.717, 1.165) is 46.5 Å². The number of ether oxygens (including phenoxy) is 1. The van der Waals surface area contributed by atoms with Crippen LogP contribution in [0.5, 0.6) is 11.5 Å². The van der Waals surface area contributed by atoms with Crippen molar-refractivity contribution in [2.75, 3.05) is 31.9 Å². The van der Waals surface area contributed by atoms with Gasteiger partial charge in [-0.1, -0.05) is 30.3 Å². The van der Waals surface area contributed by atoms with Crippen LogP contribution in [0, 0.1) is 0 Å². The molecular weight excluding hydrogens is 472 g/mol. The predicted octanol–water partition coefficient (Wildman–Crippen LogP) is 5.98. The first-order valence-corrected chi connectivity index (χ1v) is 14.0. The number of piperazine rings is 1. The van der Waals surface area contributed by atoms with Crippen LogP contribution in [0.4, 0.5) is 5.82 Å². The van der Waals surface area contributed by atoms with Crippen LogP contribution in [0.25, 0.3) is 22.2 Å². The van der Waals surface area contributed by atoms with Crippen LogP contribution in [0.15, 0.2) is 67.1 Å². The molecule has 0 spiro atoms. The molecule has 0 radical (unpaired) electrons. The Morgan fingerprint density at radius 3 is 2.16 bits per heavy atom. The van der Waals surface area contributed by atoms with Gasteiger partial charge in [0.15, 0.2) is 0 Å². The highest BCUT2D eigenvalue weighted by Gasteiger charge is 2.30. The molecule has 38 heavy (non-hydrogen) atoms. The van der Waals surface area contributed by atoms with E-state index in [1.54, 1.807) is 6.33 Å². The minimum atomic E-state index is 0.425. The number of fused-ring (bicyclic) bond motifs is 1. The maximum atomic E-state index is 6.42. The highest BCUT2D eigenvalue weighted by atomic mass is 16.5. The van der Waals surface area contributed by atoms with Gasteiger partial charge in [-0.25, -0.2) is 9.97 Å². The van der Waals surface area contributed by atoms with Gasteiger partial charge in [0.2, 0.25) is 0 Å². The molecule has 1 saturated heterocycles. The maximum Gasteiger partial charge on any atom is 0.146 e. The smallest absolute Gasteiger partial charge is 0.146 e. The summed E-state index contributed by atoms with van der Waals surface area (Å²) in [4.78, 5) is 14.4. The van der Waals surface area contributed by atoms with E-state index in [2.05, 4.69) is 51.5 Å². The topological polar surface area (TPSA) is 72.4 Å². The summed E-state index contributed by atoms with van der Waals surface area (Å²) in [5, 5.41) is 0.941. The van der Waals surface area contributed by atoms with Crippen LogP contribution in [0.3, 0.4) is 0 Å². The molecule has 1 aliphatic heterocycles. The number of hydrogen-bond acceptors (Lipinski definition) is 6. The Bertz CT molecular complexity index is 1350. The Balaban J connectivity index is 1.20. The molecule has 2 fully saturated rings. The van der Waals surface area contributed by atoms with E-state index in [-0.39, 0.29) is 0 Å². The lowest BCUT2D eigenvalue weighted by Gasteiger charge is -2.43. The number of nitrogen functional groups attached to an aromatic ring is 1. The number of para-hydroxylation sites is 1. The van der Waals surface area contributed by atoms with Crippen molar-refractivity contribution in [3.8, 4) is 22.6 Å². The quantitative estimate of drug-likeness (QED) is 0.344. The maximum absolute atomic E-state index is 6.42. The standard InChI is InChI=1S/C31H38N6O/c1-22(2)35-16-18-36(19-17-35)24-10-12-25(13-11-24)37-20-28(29-30(32)33-21-34-31(29)37)23-8-14-27(15-9-23)38-26-6-4-3-5-7-26/h3-9,14-15,20-22,24-25H,10-13,16-19H2,1-2H3,(H2,32,33,34). The highest BCUT2D eigenvalue weighted by Crippen LogP contribution is 2.39. The largest absolute Gasteiger partial charge is 0.457 e. The summed E-state index contributed by atoms with van der Waals surface area (Å²) < 4.78 is 8.36. The van der Waals surface area contributed by atoms with E-state index in [9.17, 15) is 0 Å². The predicted molar refractivity (Wildman–Crippen MR) is 153 cm³/mol. The number of hydrogen-bond donors (Lipinski definition) is 1. The Morgan fingerprint density at radius 1 is 0.816 bits per heavy atom. The normalized spacial score (nSPS) is 21.2. The van der Waals surface area contributed by atoms with Gasteiger partial charge < -0.3 is 15.0 Å². The highest BCUT2D eigenvalue weighted by molar-refractivity contribution is 6.00. The van der Waals surface area contributed by atoms with Crippen molar-refractivity contribution in [3.05, 3.63) is 67.1 Å². The lowest BCUT2D eigenvalue weighted by molar-refractivity contribution is 0.0586. The molecule has 198 valence electrons. The van der Waals surface area contributed by atoms with E-state index in [4.69, 9.17) is 15.5 Å². The summed E-state index contributed by atoms with van der Waals surface area (Å²) in [5.74, 6) is 2.16. The average molecular weight is 511 g/mol. The minimum Gasteiger partial charge on any atom is -0.457 e. The second-order valence-corrected chi connectivity index (χ2v) is 11.0. The van der Waals surface area contributed by atoms with E-state index in [1.807, 2.05) is 42.5 Å². The van der Waals surface area contributed by atoms with Gasteiger partial charge in [-0.2, -0.15) is 0 Å². The van der Waals surface area contributed by atoms with E-state index < -0.39 is 0 Å². The van der Waals surface area contributed by atoms with Gasteiger partial charge >= 0.3 is 0 Å². The molecule has 0 unspecified atom stereocenters. The zero-order valence-corrected chi connectivity index (χ0v) is 22.5. The Kier molecular flexibility index (Phi) is 7.04. The summed E-state index contributed by atoms with van der Waals surface area (Å²) in [6.07, 6.45) is 8.61. The van der Waals surface area contributed by atoms with Crippen molar-refractivity contribution in [1.29, 1.82) is 0 Å². The number of anilines is 1. The van der Waals surface area contributed by atoms with Crippen LogP contribution in [-0.4, -0.2) is 62.6 Å². The summed E-state index contributed by atoms with van der Waals surface area (Å²) in [6, 6.07) is 19.8. The zero-order valence-electron chi connectivity index (χ0n) is 22.5. The van der Waals surface area contributed by atoms with Gasteiger partial charge in [0.05, 0.1) is 5.39 Å². The van der Waals surface area contributed by atoms with E-state index in [0.29, 0.717) is 23.9 Å². The Morgan fingerprint density at radius 2 is 1.47 bits per heavy atom. The lowest BCUT2D eigenvalue weighted by atomic mass is 9.89. The molecule has 1 saturated carbocycles. The SMILES string of the molecule is CC(C)N1CCN(C2CCC(n3cc(-c4ccc(Oc5ccccc5)cc4)c4c(N)ncnc43)CC2)CC1. The molecule has 7 nitrogen and oxygen atoms in total. The van der Waals surface area contributed by atoms with Crippen molar-refractivity contribution < 1.29 is 4.74 Å². The van der Waals surface area contributed by atoms with Gasteiger partial charge in [0.25, 0.3) is 0 Å². The fourth-order valence-electron chi connectivity index (χ4n) is 6.25. The first-order chi connectivity index (χ1) is 18.6. The van der Waals surface area contributed by atoms with Crippen LogP contribution in [-0.2, 0) is 0 Å². The van der Waals surface area contributed by atoms with Crippen LogP contribution in [0.1, 0.15) is 45.6 Å². The number of nitrogens with two attached hydrogens (primary N) is 1. The molecule has 2 aromatic heterocycles. The monoisotopic (exact) mass is 510 g/mol. The first kappa shape index (κ1) is 24.9. The van der Waals surface area contributed by atoms with Crippen molar-refractivity contribution in [1.82, 2.24) is 24.3 Å². The third kappa shape index (κ3) is 5.00. The molecule has 0 amide bonds. The van der Waals surface area contributed by atoms with E-state index >= 15 is 0 Å². The van der Waals surface area contributed by atoms with Crippen LogP contribution in [0.2, 0.25) is 0 Å². The summed E-state index contributed by atoms with van der Waals surface area (Å²) in [5.41, 5.74) is 9.53. The van der Waals surface area contributed by atoms with Gasteiger partial charge in [0.1, 0.15) is 29.3 Å². The summed E-state index contributed by atoms with van der Waals surface area (Å²) in [6.45, 7) is 9.37. The molecule has 2 aliphatic rings.